The van der Waals surface area contributed by atoms with Crippen LogP contribution in [0.25, 0.3) is 11.1 Å². The average Bonchev–Trinajstić information content (AvgIpc) is 3.44. The largest absolute Gasteiger partial charge is 0.633 e. The highest BCUT2D eigenvalue weighted by atomic mass is 19.1. The van der Waals surface area contributed by atoms with Gasteiger partial charge in [-0.2, -0.15) is 0 Å². The predicted molar refractivity (Wildman–Crippen MR) is 177 cm³/mol. The molecule has 246 valence electrons. The number of pyridine rings is 2. The van der Waals surface area contributed by atoms with Crippen molar-refractivity contribution in [1.29, 1.82) is 0 Å². The van der Waals surface area contributed by atoms with Crippen LogP contribution >= 0.6 is 0 Å². The number of nitrogens with one attached hydrogen (secondary N) is 1. The van der Waals surface area contributed by atoms with Gasteiger partial charge in [0.1, 0.15) is 49.2 Å². The molecule has 1 fully saturated rings. The molecule has 1 amide bonds. The van der Waals surface area contributed by atoms with Crippen LogP contribution in [0.3, 0.4) is 0 Å². The van der Waals surface area contributed by atoms with Gasteiger partial charge in [0.15, 0.2) is 5.69 Å². The van der Waals surface area contributed by atoms with Crippen molar-refractivity contribution in [2.24, 2.45) is 7.05 Å². The van der Waals surface area contributed by atoms with E-state index in [1.54, 1.807) is 38.5 Å². The number of nitrogens with zero attached hydrogens (tertiary/aromatic N) is 6. The van der Waals surface area contributed by atoms with Gasteiger partial charge in [-0.3, -0.25) is 9.59 Å². The van der Waals surface area contributed by atoms with Gasteiger partial charge in [-0.15, -0.1) is 0 Å². The Bertz CT molecular complexity index is 1920. The Morgan fingerprint density at radius 2 is 1.79 bits per heavy atom. The summed E-state index contributed by atoms with van der Waals surface area (Å²) in [5, 5.41) is 39.2. The van der Waals surface area contributed by atoms with Crippen molar-refractivity contribution in [3.05, 3.63) is 97.9 Å². The molecule has 0 radical (unpaired) electrons. The Hall–Kier alpha value is -4.40. The van der Waals surface area contributed by atoms with E-state index in [0.29, 0.717) is 52.7 Å². The third kappa shape index (κ3) is 5.63. The van der Waals surface area contributed by atoms with Crippen molar-refractivity contribution in [2.75, 3.05) is 50.0 Å². The number of hydroxylamine groups is 5. The molecule has 5 heterocycles. The minimum Gasteiger partial charge on any atom is -0.633 e. The number of hydrogen-bond donors (Lipinski definition) is 2. The molecule has 3 aliphatic rings. The van der Waals surface area contributed by atoms with E-state index in [2.05, 4.69) is 14.9 Å². The van der Waals surface area contributed by atoms with Gasteiger partial charge in [-0.1, -0.05) is 0 Å². The first-order valence-electron chi connectivity index (χ1n) is 16.0. The minimum absolute atomic E-state index is 0.150. The van der Waals surface area contributed by atoms with Crippen LogP contribution < -0.4 is 20.4 Å². The Labute approximate surface area is 271 Å². The molecule has 1 aromatic carbocycles. The Kier molecular flexibility index (Phi) is 7.76. The molecule has 7 rings (SSSR count). The van der Waals surface area contributed by atoms with Crippen LogP contribution in [0, 0.1) is 16.2 Å². The molecule has 2 aliphatic heterocycles. The molecule has 0 unspecified atom stereocenters. The highest BCUT2D eigenvalue weighted by Gasteiger charge is 2.33. The number of likely N-dealkylation sites (N-methyl/N-ethyl adjacent to an activating group) is 1. The molecule has 0 saturated carbocycles. The van der Waals surface area contributed by atoms with E-state index in [4.69, 9.17) is 0 Å². The van der Waals surface area contributed by atoms with Crippen LogP contribution in [-0.4, -0.2) is 69.5 Å². The summed E-state index contributed by atoms with van der Waals surface area (Å²) < 4.78 is 17.7. The predicted octanol–water partition coefficient (Wildman–Crippen LogP) is 3.93. The lowest BCUT2D eigenvalue weighted by atomic mass is 9.97. The van der Waals surface area contributed by atoms with Crippen molar-refractivity contribution >= 4 is 28.8 Å². The van der Waals surface area contributed by atoms with Crippen LogP contribution in [0.15, 0.2) is 53.6 Å². The number of hydrogen-bond acceptors (Lipinski definition) is 7. The highest BCUT2D eigenvalue weighted by Crippen LogP contribution is 2.37. The van der Waals surface area contributed by atoms with Gasteiger partial charge >= 0.3 is 0 Å². The summed E-state index contributed by atoms with van der Waals surface area (Å²) >= 11 is 0. The summed E-state index contributed by atoms with van der Waals surface area (Å²) in [7, 11) is 3.13. The monoisotopic (exact) mass is 643 g/mol. The van der Waals surface area contributed by atoms with E-state index in [-0.39, 0.29) is 43.3 Å². The number of aliphatic hydroxyl groups is 1. The molecule has 2 N–H and O–H groups in total. The van der Waals surface area contributed by atoms with Gasteiger partial charge in [0.25, 0.3) is 11.5 Å². The van der Waals surface area contributed by atoms with E-state index in [1.165, 1.54) is 39.1 Å². The molecular formula is C34H38FN7O5. The Morgan fingerprint density at radius 3 is 2.51 bits per heavy atom. The molecule has 3 aromatic heterocycles. The smallest absolute Gasteiger partial charge is 0.274 e. The van der Waals surface area contributed by atoms with Crippen LogP contribution in [0.2, 0.25) is 0 Å². The topological polar surface area (TPSA) is 139 Å². The third-order valence-electron chi connectivity index (χ3n) is 9.90. The van der Waals surface area contributed by atoms with Crippen LogP contribution in [0.1, 0.15) is 40.2 Å². The zero-order valence-corrected chi connectivity index (χ0v) is 26.5. The van der Waals surface area contributed by atoms with E-state index in [0.717, 1.165) is 25.7 Å². The van der Waals surface area contributed by atoms with Crippen molar-refractivity contribution in [2.45, 2.75) is 38.8 Å². The fraction of sp³-hybridized carbons (Fsp3) is 0.382. The molecular weight excluding hydrogens is 605 g/mol. The Morgan fingerprint density at radius 1 is 1.02 bits per heavy atom. The summed E-state index contributed by atoms with van der Waals surface area (Å²) in [4.78, 5) is 32.9. The Balaban J connectivity index is 1.20. The zero-order chi connectivity index (χ0) is 33.1. The summed E-state index contributed by atoms with van der Waals surface area (Å²) in [6.45, 7) is 1.19. The maximum atomic E-state index is 15.3. The molecule has 13 heteroatoms. The molecule has 0 spiro atoms. The number of aryl methyl sites for hydroxylation is 2. The SMILES string of the molecule is Cn1cc(-c2cc(F)cc(N3CCn4c(cc5c4CCCC5)C3=O)c2CO)cc(Nc2ccc([N+]3([O-])CC[N+](C)([O-])CC3)cn2)c1=O. The molecule has 12 nitrogen and oxygen atoms in total. The third-order valence-corrected chi connectivity index (χ3v) is 9.90. The van der Waals surface area contributed by atoms with Crippen molar-refractivity contribution in [1.82, 2.24) is 18.8 Å². The quantitative estimate of drug-likeness (QED) is 0.240. The lowest BCUT2D eigenvalue weighted by molar-refractivity contribution is -0.864. The first-order valence-corrected chi connectivity index (χ1v) is 16.0. The first kappa shape index (κ1) is 31.2. The molecule has 1 aliphatic carbocycles. The minimum atomic E-state index is -0.639. The number of halogens is 1. The maximum Gasteiger partial charge on any atom is 0.274 e. The number of rotatable bonds is 6. The van der Waals surface area contributed by atoms with Crippen molar-refractivity contribution in [3.8, 4) is 11.1 Å². The fourth-order valence-electron chi connectivity index (χ4n) is 7.17. The van der Waals surface area contributed by atoms with Gasteiger partial charge in [0, 0.05) is 49.2 Å². The molecule has 47 heavy (non-hydrogen) atoms. The van der Waals surface area contributed by atoms with E-state index in [9.17, 15) is 25.1 Å². The summed E-state index contributed by atoms with van der Waals surface area (Å²) in [6.07, 6.45) is 7.08. The number of aromatic nitrogens is 3. The summed E-state index contributed by atoms with van der Waals surface area (Å²) in [5.74, 6) is -0.491. The standard InChI is InChI=1S/C34H38FN7O5/c1-38-20-23(15-28(33(38)44)37-32-8-7-25(19-36-32)42(47)13-11-41(2,46)12-14-42)26-17-24(35)18-30(27(26)21-43)40-10-9-39-29-6-4-3-5-22(29)16-31(39)34(40)45/h7-8,15-20,43H,3-6,9-14,21H2,1-2H3,(H,36,37). The average molecular weight is 644 g/mol. The van der Waals surface area contributed by atoms with Crippen molar-refractivity contribution < 1.29 is 18.9 Å². The number of anilines is 3. The normalized spacial score (nSPS) is 22.6. The first-order chi connectivity index (χ1) is 22.5. The van der Waals surface area contributed by atoms with Gasteiger partial charge < -0.3 is 44.2 Å². The maximum absolute atomic E-state index is 15.3. The molecule has 4 aromatic rings. The van der Waals surface area contributed by atoms with E-state index < -0.39 is 21.7 Å². The number of quaternary nitrogens is 2. The number of aliphatic hydroxyl groups excluding tert-OH is 1. The number of benzene rings is 1. The van der Waals surface area contributed by atoms with Gasteiger partial charge in [-0.25, -0.2) is 9.37 Å². The number of piperazine rings is 1. The zero-order valence-electron chi connectivity index (χ0n) is 26.5. The van der Waals surface area contributed by atoms with E-state index in [1.807, 2.05) is 6.07 Å². The van der Waals surface area contributed by atoms with Gasteiger partial charge in [0.2, 0.25) is 0 Å². The lowest BCUT2D eigenvalue weighted by Gasteiger charge is -2.52. The van der Waals surface area contributed by atoms with Gasteiger partial charge in [-0.05, 0) is 67.1 Å². The summed E-state index contributed by atoms with van der Waals surface area (Å²) in [6, 6.07) is 9.34. The number of amides is 1. The molecule has 1 saturated heterocycles. The number of fused-ring (bicyclic) bond motifs is 3. The molecule has 0 bridgehead atoms. The number of carbonyl (C=O) groups is 1. The number of carbonyl (C=O) groups excluding carboxylic acids is 1. The highest BCUT2D eigenvalue weighted by molar-refractivity contribution is 6.07. The van der Waals surface area contributed by atoms with Gasteiger partial charge in [0.05, 0.1) is 25.5 Å². The second kappa shape index (κ2) is 11.7. The molecule has 0 atom stereocenters. The van der Waals surface area contributed by atoms with E-state index >= 15 is 4.39 Å². The fourth-order valence-corrected chi connectivity index (χ4v) is 7.17. The summed E-state index contributed by atoms with van der Waals surface area (Å²) in [5.41, 5.74) is 4.67. The second-order valence-corrected chi connectivity index (χ2v) is 13.1. The van der Waals surface area contributed by atoms with Crippen molar-refractivity contribution in [3.63, 3.8) is 0 Å². The van der Waals surface area contributed by atoms with Crippen LogP contribution in [-0.2, 0) is 33.0 Å². The second-order valence-electron chi connectivity index (χ2n) is 13.1. The van der Waals surface area contributed by atoms with Crippen LogP contribution in [0.5, 0.6) is 0 Å². The van der Waals surface area contributed by atoms with Crippen LogP contribution in [0.4, 0.5) is 27.3 Å². The lowest BCUT2D eigenvalue weighted by Crippen LogP contribution is -2.61.